The number of hydrogen-bond acceptors (Lipinski definition) is 0. The zero-order valence-electron chi connectivity index (χ0n) is 7.20. The monoisotopic (exact) mass is 162 g/mol. The summed E-state index contributed by atoms with van der Waals surface area (Å²) >= 11 is 0. The first-order valence-electron chi connectivity index (χ1n) is 4.41. The predicted octanol–water partition coefficient (Wildman–Crippen LogP) is 2.67. The van der Waals surface area contributed by atoms with Gasteiger partial charge in [0, 0.05) is 0 Å². The minimum Gasteiger partial charge on any atom is -0.323 e. The molecule has 0 saturated carbocycles. The molecule has 0 heterocycles. The lowest BCUT2D eigenvalue weighted by atomic mass is 10.0. The van der Waals surface area contributed by atoms with E-state index in [0.717, 1.165) is 6.04 Å². The van der Waals surface area contributed by atoms with Crippen molar-refractivity contribution in [3.05, 3.63) is 0 Å². The molecule has 0 fully saturated rings. The summed E-state index contributed by atoms with van der Waals surface area (Å²) in [6.45, 7) is 4.37. The highest BCUT2D eigenvalue weighted by atomic mass is 28.3. The van der Waals surface area contributed by atoms with Gasteiger partial charge >= 0.3 is 0 Å². The van der Waals surface area contributed by atoms with Crippen LogP contribution in [0.5, 0.6) is 0 Å². The molecule has 10 heavy (non-hydrogen) atoms. The van der Waals surface area contributed by atoms with E-state index in [1.54, 1.807) is 0 Å². The van der Waals surface area contributed by atoms with Crippen LogP contribution in [0, 0.1) is 5.92 Å². The Labute approximate surface area is 66.2 Å². The van der Waals surface area contributed by atoms with Crippen LogP contribution in [0.4, 0.5) is 4.11 Å². The number of unbranched alkanes of at least 4 members (excludes halogenated alkanes) is 1. The Morgan fingerprint density at radius 2 is 2.10 bits per heavy atom. The maximum Gasteiger partial charge on any atom is 0.216 e. The summed E-state index contributed by atoms with van der Waals surface area (Å²) in [5.41, 5.74) is 0. The van der Waals surface area contributed by atoms with Crippen LogP contribution in [0.2, 0.25) is 6.04 Å². The quantitative estimate of drug-likeness (QED) is 0.416. The van der Waals surface area contributed by atoms with Crippen molar-refractivity contribution in [2.24, 2.45) is 5.92 Å². The molecule has 0 saturated heterocycles. The Bertz CT molecular complexity index is 66.3. The molecular formula is C8H19FSi. The zero-order chi connectivity index (χ0) is 7.82. The molecular weight excluding hydrogens is 143 g/mol. The summed E-state index contributed by atoms with van der Waals surface area (Å²) in [7, 11) is -1.17. The minimum absolute atomic E-state index is 0.705. The van der Waals surface area contributed by atoms with Gasteiger partial charge in [-0.15, -0.1) is 0 Å². The van der Waals surface area contributed by atoms with Crippen LogP contribution in [0.25, 0.3) is 0 Å². The largest absolute Gasteiger partial charge is 0.323 e. The fourth-order valence-electron chi connectivity index (χ4n) is 1.20. The lowest BCUT2D eigenvalue weighted by Crippen LogP contribution is -1.99. The summed E-state index contributed by atoms with van der Waals surface area (Å²) in [4.78, 5) is 0. The van der Waals surface area contributed by atoms with Crippen LogP contribution < -0.4 is 0 Å². The molecule has 1 atom stereocenters. The Morgan fingerprint density at radius 1 is 1.40 bits per heavy atom. The van der Waals surface area contributed by atoms with Gasteiger partial charge in [0.15, 0.2) is 0 Å². The van der Waals surface area contributed by atoms with Gasteiger partial charge in [-0.05, 0) is 12.0 Å². The Kier molecular flexibility index (Phi) is 7.36. The van der Waals surface area contributed by atoms with E-state index in [1.807, 2.05) is 0 Å². The molecule has 0 bridgehead atoms. The van der Waals surface area contributed by atoms with Crippen molar-refractivity contribution >= 4 is 9.85 Å². The molecule has 0 amide bonds. The van der Waals surface area contributed by atoms with Crippen LogP contribution in [0.1, 0.15) is 39.5 Å². The van der Waals surface area contributed by atoms with Crippen molar-refractivity contribution < 1.29 is 4.11 Å². The molecule has 62 valence electrons. The van der Waals surface area contributed by atoms with Crippen LogP contribution in [0.3, 0.4) is 0 Å². The normalized spacial score (nSPS) is 14.7. The summed E-state index contributed by atoms with van der Waals surface area (Å²) in [5.74, 6) is 0.705. The van der Waals surface area contributed by atoms with E-state index in [1.165, 1.54) is 25.7 Å². The average molecular weight is 162 g/mol. The van der Waals surface area contributed by atoms with Gasteiger partial charge in [-0.1, -0.05) is 39.5 Å². The van der Waals surface area contributed by atoms with Gasteiger partial charge in [0.1, 0.15) is 0 Å². The molecule has 0 radical (unpaired) electrons. The molecule has 0 N–H and O–H groups in total. The smallest absolute Gasteiger partial charge is 0.216 e. The van der Waals surface area contributed by atoms with Crippen LogP contribution >= 0.6 is 0 Å². The second kappa shape index (κ2) is 7.26. The maximum absolute atomic E-state index is 12.0. The number of halogens is 1. The van der Waals surface area contributed by atoms with E-state index in [-0.39, 0.29) is 0 Å². The third kappa shape index (κ3) is 4.97. The lowest BCUT2D eigenvalue weighted by molar-refractivity contribution is 0.484. The van der Waals surface area contributed by atoms with Crippen LogP contribution in [-0.4, -0.2) is 9.85 Å². The first-order chi connectivity index (χ1) is 4.85. The molecule has 0 aliphatic heterocycles. The van der Waals surface area contributed by atoms with Crippen molar-refractivity contribution in [3.8, 4) is 0 Å². The van der Waals surface area contributed by atoms with Crippen LogP contribution in [-0.2, 0) is 0 Å². The van der Waals surface area contributed by atoms with E-state index in [2.05, 4.69) is 13.8 Å². The fraction of sp³-hybridized carbons (Fsp3) is 1.00. The topological polar surface area (TPSA) is 0 Å². The van der Waals surface area contributed by atoms with Gasteiger partial charge in [0.25, 0.3) is 0 Å². The molecule has 0 spiro atoms. The van der Waals surface area contributed by atoms with Crippen LogP contribution in [0.15, 0.2) is 0 Å². The summed E-state index contributed by atoms with van der Waals surface area (Å²) in [5, 5.41) is 0. The summed E-state index contributed by atoms with van der Waals surface area (Å²) in [6.07, 6.45) is 4.97. The molecule has 0 nitrogen and oxygen atoms in total. The molecule has 2 heteroatoms. The third-order valence-electron chi connectivity index (χ3n) is 2.06. The zero-order valence-corrected chi connectivity index (χ0v) is 8.61. The van der Waals surface area contributed by atoms with E-state index >= 15 is 0 Å². The summed E-state index contributed by atoms with van der Waals surface area (Å²) in [6, 6.07) is 0.913. The van der Waals surface area contributed by atoms with Gasteiger partial charge in [0.05, 0.1) is 0 Å². The Hall–Kier alpha value is 0.147. The maximum atomic E-state index is 12.0. The average Bonchev–Trinajstić information content (AvgIpc) is 1.98. The van der Waals surface area contributed by atoms with Gasteiger partial charge in [0.2, 0.25) is 9.85 Å². The molecule has 0 aromatic heterocycles. The first kappa shape index (κ1) is 10.1. The highest BCUT2D eigenvalue weighted by Gasteiger charge is 2.04. The molecule has 0 rings (SSSR count). The Balaban J connectivity index is 3.21. The van der Waals surface area contributed by atoms with Crippen molar-refractivity contribution in [1.82, 2.24) is 0 Å². The summed E-state index contributed by atoms with van der Waals surface area (Å²) < 4.78 is 12.0. The minimum atomic E-state index is -1.17. The van der Waals surface area contributed by atoms with Crippen molar-refractivity contribution in [2.75, 3.05) is 0 Å². The molecule has 0 aromatic rings. The van der Waals surface area contributed by atoms with E-state index in [0.29, 0.717) is 5.92 Å². The molecule has 0 aliphatic rings. The van der Waals surface area contributed by atoms with Gasteiger partial charge in [-0.3, -0.25) is 0 Å². The van der Waals surface area contributed by atoms with Gasteiger partial charge < -0.3 is 4.11 Å². The van der Waals surface area contributed by atoms with E-state index < -0.39 is 9.85 Å². The fourth-order valence-corrected chi connectivity index (χ4v) is 2.21. The van der Waals surface area contributed by atoms with E-state index in [9.17, 15) is 4.11 Å². The van der Waals surface area contributed by atoms with Crippen molar-refractivity contribution in [2.45, 2.75) is 45.6 Å². The van der Waals surface area contributed by atoms with Crippen molar-refractivity contribution in [1.29, 1.82) is 0 Å². The number of hydrogen-bond donors (Lipinski definition) is 0. The third-order valence-corrected chi connectivity index (χ3v) is 3.10. The van der Waals surface area contributed by atoms with Gasteiger partial charge in [-0.2, -0.15) is 0 Å². The lowest BCUT2D eigenvalue weighted by Gasteiger charge is -2.10. The molecule has 0 aliphatic carbocycles. The standard InChI is InChI=1S/C8H19FSi/c1-3-5-6-8(4-2)7-10-9/h8H,3-7,10H2,1-2H3. The SMILES string of the molecule is CCCCC(CC)C[SiH2]F. The highest BCUT2D eigenvalue weighted by molar-refractivity contribution is 6.26. The van der Waals surface area contributed by atoms with Crippen molar-refractivity contribution in [3.63, 3.8) is 0 Å². The molecule has 1 unspecified atom stereocenters. The second-order valence-electron chi connectivity index (χ2n) is 2.89. The molecule has 0 aromatic carbocycles. The van der Waals surface area contributed by atoms with Gasteiger partial charge in [-0.25, -0.2) is 0 Å². The first-order valence-corrected chi connectivity index (χ1v) is 5.94. The predicted molar refractivity (Wildman–Crippen MR) is 47.8 cm³/mol. The highest BCUT2D eigenvalue weighted by Crippen LogP contribution is 2.16. The Morgan fingerprint density at radius 3 is 2.50 bits per heavy atom. The van der Waals surface area contributed by atoms with E-state index in [4.69, 9.17) is 0 Å². The second-order valence-corrected chi connectivity index (χ2v) is 3.85. The number of rotatable bonds is 6.